The average Bonchev–Trinajstić information content (AvgIpc) is 3.17. The zero-order valence-corrected chi connectivity index (χ0v) is 19.9. The Balaban J connectivity index is 1.81. The predicted molar refractivity (Wildman–Crippen MR) is 136 cm³/mol. The number of nitrogens with zero attached hydrogens (tertiary/aromatic N) is 3. The van der Waals surface area contributed by atoms with Crippen LogP contribution in [-0.2, 0) is 11.4 Å². The van der Waals surface area contributed by atoms with Crippen molar-refractivity contribution in [1.29, 1.82) is 0 Å². The molecule has 0 atom stereocenters. The van der Waals surface area contributed by atoms with E-state index in [4.69, 9.17) is 4.74 Å². The van der Waals surface area contributed by atoms with E-state index in [9.17, 15) is 4.79 Å². The van der Waals surface area contributed by atoms with Gasteiger partial charge in [0, 0.05) is 35.8 Å². The number of hydrogen-bond donors (Lipinski definition) is 1. The number of allylic oxidation sites excluding steroid dienone is 1. The van der Waals surface area contributed by atoms with Crippen molar-refractivity contribution in [2.45, 2.75) is 46.8 Å². The van der Waals surface area contributed by atoms with Gasteiger partial charge in [-0.2, -0.15) is 5.10 Å². The first-order chi connectivity index (χ1) is 16.5. The van der Waals surface area contributed by atoms with Gasteiger partial charge >= 0.3 is 0 Å². The topological polar surface area (TPSA) is 69.0 Å². The third-order valence-electron chi connectivity index (χ3n) is 6.17. The summed E-state index contributed by atoms with van der Waals surface area (Å²) in [6, 6.07) is 16.7. The van der Waals surface area contributed by atoms with E-state index >= 15 is 0 Å². The van der Waals surface area contributed by atoms with Crippen LogP contribution in [-0.4, -0.2) is 20.7 Å². The van der Waals surface area contributed by atoms with Gasteiger partial charge in [0.05, 0.1) is 11.7 Å². The van der Waals surface area contributed by atoms with Crippen LogP contribution in [0.1, 0.15) is 62.4 Å². The number of ether oxygens (including phenoxy) is 1. The molecule has 2 aromatic carbocycles. The number of rotatable bonds is 4. The van der Waals surface area contributed by atoms with Crippen LogP contribution in [0.25, 0.3) is 22.0 Å². The van der Waals surface area contributed by atoms with Crippen LogP contribution in [0.5, 0.6) is 5.88 Å². The first-order valence-electron chi connectivity index (χ1n) is 11.7. The molecule has 172 valence electrons. The summed E-state index contributed by atoms with van der Waals surface area (Å²) in [6.07, 6.45) is 4.50. The summed E-state index contributed by atoms with van der Waals surface area (Å²) in [5.41, 5.74) is 8.42. The van der Waals surface area contributed by atoms with E-state index in [0.717, 1.165) is 50.8 Å². The third-order valence-corrected chi connectivity index (χ3v) is 6.17. The Kier molecular flexibility index (Phi) is 5.65. The normalized spacial score (nSPS) is 14.3. The molecule has 1 aliphatic heterocycles. The molecule has 1 N–H and O–H groups in total. The van der Waals surface area contributed by atoms with E-state index in [1.54, 1.807) is 6.20 Å². The smallest absolute Gasteiger partial charge is 0.221 e. The number of anilines is 1. The highest BCUT2D eigenvalue weighted by Crippen LogP contribution is 2.43. The quantitative estimate of drug-likeness (QED) is 0.398. The number of benzene rings is 2. The highest BCUT2D eigenvalue weighted by atomic mass is 16.5. The molecule has 0 aliphatic carbocycles. The summed E-state index contributed by atoms with van der Waals surface area (Å²) in [4.78, 5) is 16.2. The maximum Gasteiger partial charge on any atom is 0.221 e. The van der Waals surface area contributed by atoms with E-state index < -0.39 is 0 Å². The molecule has 0 radical (unpaired) electrons. The second kappa shape index (κ2) is 8.78. The molecule has 0 saturated carbocycles. The molecule has 4 aromatic rings. The minimum Gasteiger partial charge on any atom is -0.472 e. The molecular formula is C28H28N4O2. The maximum atomic E-state index is 11.7. The van der Waals surface area contributed by atoms with E-state index in [1.807, 2.05) is 35.1 Å². The molecule has 1 aliphatic rings. The highest BCUT2D eigenvalue weighted by molar-refractivity contribution is 6.03. The van der Waals surface area contributed by atoms with E-state index in [0.29, 0.717) is 12.5 Å². The van der Waals surface area contributed by atoms with Gasteiger partial charge in [-0.1, -0.05) is 19.1 Å². The first kappa shape index (κ1) is 21.9. The fourth-order valence-corrected chi connectivity index (χ4v) is 4.73. The molecule has 34 heavy (non-hydrogen) atoms. The summed E-state index contributed by atoms with van der Waals surface area (Å²) >= 11 is 0. The fraction of sp³-hybridized carbons (Fsp3) is 0.250. The van der Waals surface area contributed by atoms with Crippen molar-refractivity contribution in [2.75, 3.05) is 5.32 Å². The van der Waals surface area contributed by atoms with Crippen molar-refractivity contribution in [3.63, 3.8) is 0 Å². The second-order valence-electron chi connectivity index (χ2n) is 8.86. The molecule has 5 rings (SSSR count). The van der Waals surface area contributed by atoms with Crippen LogP contribution in [0.15, 0.2) is 60.9 Å². The van der Waals surface area contributed by atoms with Crippen LogP contribution in [0, 0.1) is 0 Å². The Bertz CT molecular complexity index is 1430. The molecule has 1 amide bonds. The summed E-state index contributed by atoms with van der Waals surface area (Å²) in [7, 11) is 0. The van der Waals surface area contributed by atoms with Gasteiger partial charge in [0.15, 0.2) is 0 Å². The largest absolute Gasteiger partial charge is 0.472 e. The second-order valence-corrected chi connectivity index (χ2v) is 8.86. The highest BCUT2D eigenvalue weighted by Gasteiger charge is 2.25. The Morgan fingerprint density at radius 3 is 2.76 bits per heavy atom. The number of fused-ring (bicyclic) bond motifs is 3. The van der Waals surface area contributed by atoms with Crippen molar-refractivity contribution >= 4 is 33.6 Å². The van der Waals surface area contributed by atoms with Gasteiger partial charge in [0.2, 0.25) is 11.8 Å². The standard InChI is InChI=1S/C28H28N4O2/c1-5-23(19-8-6-9-22(12-19)31-18(4)33)27-24-10-7-11-29-28(24)34-16-21-14-26-20(13-25(21)27)15-30-32(26)17(2)3/h6-15,17H,5,16H2,1-4H3,(H,31,33)/b27-23+. The summed E-state index contributed by atoms with van der Waals surface area (Å²) < 4.78 is 8.25. The fourth-order valence-electron chi connectivity index (χ4n) is 4.73. The summed E-state index contributed by atoms with van der Waals surface area (Å²) in [6.45, 7) is 8.39. The lowest BCUT2D eigenvalue weighted by Gasteiger charge is -2.18. The number of carbonyl (C=O) groups excluding carboxylic acids is 1. The maximum absolute atomic E-state index is 11.7. The molecule has 2 aromatic heterocycles. The lowest BCUT2D eigenvalue weighted by atomic mass is 9.86. The summed E-state index contributed by atoms with van der Waals surface area (Å²) in [5, 5.41) is 8.63. The number of nitrogens with one attached hydrogen (secondary N) is 1. The Morgan fingerprint density at radius 2 is 2.00 bits per heavy atom. The monoisotopic (exact) mass is 452 g/mol. The van der Waals surface area contributed by atoms with Crippen molar-refractivity contribution in [2.24, 2.45) is 0 Å². The van der Waals surface area contributed by atoms with Crippen LogP contribution in [0.4, 0.5) is 5.69 Å². The summed E-state index contributed by atoms with van der Waals surface area (Å²) in [5.74, 6) is 0.544. The number of carbonyl (C=O) groups is 1. The molecule has 6 heteroatoms. The first-order valence-corrected chi connectivity index (χ1v) is 11.7. The van der Waals surface area contributed by atoms with Crippen molar-refractivity contribution in [3.05, 3.63) is 83.2 Å². The Labute approximate surface area is 199 Å². The van der Waals surface area contributed by atoms with Gasteiger partial charge in [0.25, 0.3) is 0 Å². The predicted octanol–water partition coefficient (Wildman–Crippen LogP) is 6.23. The van der Waals surface area contributed by atoms with Gasteiger partial charge < -0.3 is 10.1 Å². The molecule has 0 spiro atoms. The van der Waals surface area contributed by atoms with E-state index in [2.05, 4.69) is 60.4 Å². The van der Waals surface area contributed by atoms with Crippen LogP contribution >= 0.6 is 0 Å². The lowest BCUT2D eigenvalue weighted by molar-refractivity contribution is -0.114. The van der Waals surface area contributed by atoms with Gasteiger partial charge in [-0.05, 0) is 84.5 Å². The average molecular weight is 453 g/mol. The van der Waals surface area contributed by atoms with Crippen LogP contribution in [0.2, 0.25) is 0 Å². The SMILES string of the molecule is CC/C(=C1\c2cc3cnn(C(C)C)c3cc2COc2ncccc21)c1cccc(NC(C)=O)c1. The van der Waals surface area contributed by atoms with Crippen molar-refractivity contribution < 1.29 is 9.53 Å². The van der Waals surface area contributed by atoms with Gasteiger partial charge in [-0.15, -0.1) is 0 Å². The van der Waals surface area contributed by atoms with E-state index in [-0.39, 0.29) is 11.9 Å². The molecule has 0 unspecified atom stereocenters. The zero-order valence-electron chi connectivity index (χ0n) is 19.9. The third kappa shape index (κ3) is 3.85. The van der Waals surface area contributed by atoms with Crippen molar-refractivity contribution in [3.8, 4) is 5.88 Å². The van der Waals surface area contributed by atoms with E-state index in [1.165, 1.54) is 12.5 Å². The molecule has 6 nitrogen and oxygen atoms in total. The number of hydrogen-bond acceptors (Lipinski definition) is 4. The molecular weight excluding hydrogens is 424 g/mol. The Morgan fingerprint density at radius 1 is 1.15 bits per heavy atom. The molecule has 0 bridgehead atoms. The molecule has 3 heterocycles. The van der Waals surface area contributed by atoms with Crippen molar-refractivity contribution in [1.82, 2.24) is 14.8 Å². The zero-order chi connectivity index (χ0) is 23.8. The Hall–Kier alpha value is -3.93. The van der Waals surface area contributed by atoms with Crippen LogP contribution < -0.4 is 10.1 Å². The lowest BCUT2D eigenvalue weighted by Crippen LogP contribution is -2.06. The minimum absolute atomic E-state index is 0.0878. The number of aromatic nitrogens is 3. The van der Waals surface area contributed by atoms with Crippen LogP contribution in [0.3, 0.4) is 0 Å². The molecule has 0 saturated heterocycles. The molecule has 0 fully saturated rings. The number of pyridine rings is 1. The minimum atomic E-state index is -0.0878. The number of amides is 1. The van der Waals surface area contributed by atoms with Gasteiger partial charge in [-0.3, -0.25) is 9.48 Å². The van der Waals surface area contributed by atoms with Gasteiger partial charge in [0.1, 0.15) is 6.61 Å². The van der Waals surface area contributed by atoms with Gasteiger partial charge in [-0.25, -0.2) is 4.98 Å².